The van der Waals surface area contributed by atoms with E-state index in [-0.39, 0.29) is 4.21 Å². The topological polar surface area (TPSA) is 127 Å². The summed E-state index contributed by atoms with van der Waals surface area (Å²) >= 11 is 4.13. The molecular weight excluding hydrogens is 360 g/mol. The first-order valence-corrected chi connectivity index (χ1v) is 8.02. The lowest BCUT2D eigenvalue weighted by Crippen LogP contribution is -2.43. The number of thiophene rings is 1. The molecule has 1 amide bonds. The first kappa shape index (κ1) is 16.1. The van der Waals surface area contributed by atoms with Gasteiger partial charge in [-0.05, 0) is 34.5 Å². The molecular formula is C9H11BrN2O5S2. The van der Waals surface area contributed by atoms with Crippen molar-refractivity contribution in [2.24, 2.45) is 5.73 Å². The number of aliphatic carboxylic acids is 1. The number of nitrogens with two attached hydrogens (primary N) is 1. The van der Waals surface area contributed by atoms with E-state index in [1.165, 1.54) is 6.07 Å². The Balaban J connectivity index is 3.00. The van der Waals surface area contributed by atoms with Gasteiger partial charge in [-0.2, -0.15) is 4.72 Å². The van der Waals surface area contributed by atoms with Gasteiger partial charge < -0.3 is 10.8 Å². The molecule has 0 aliphatic carbocycles. The summed E-state index contributed by atoms with van der Waals surface area (Å²) in [5.74, 6) is -2.37. The molecule has 0 aliphatic rings. The fraction of sp³-hybridized carbons (Fsp3) is 0.333. The molecule has 0 saturated carbocycles. The molecule has 0 spiro atoms. The average Bonchev–Trinajstić information content (AvgIpc) is 2.58. The van der Waals surface area contributed by atoms with E-state index in [4.69, 9.17) is 10.8 Å². The zero-order valence-electron chi connectivity index (χ0n) is 9.71. The minimum absolute atomic E-state index is 0.0346. The number of carboxylic acid groups (broad SMARTS) is 1. The van der Waals surface area contributed by atoms with Crippen LogP contribution in [0.4, 0.5) is 0 Å². The maximum Gasteiger partial charge on any atom is 0.322 e. The summed E-state index contributed by atoms with van der Waals surface area (Å²) in [6, 6.07) is -0.177. The third kappa shape index (κ3) is 4.27. The largest absolute Gasteiger partial charge is 0.480 e. The monoisotopic (exact) mass is 370 g/mol. The van der Waals surface area contributed by atoms with E-state index in [1.54, 1.807) is 6.92 Å². The summed E-state index contributed by atoms with van der Waals surface area (Å²) in [5, 5.41) is 8.85. The number of aryl methyl sites for hydroxylation is 1. The van der Waals surface area contributed by atoms with Crippen molar-refractivity contribution in [1.82, 2.24) is 4.72 Å². The van der Waals surface area contributed by atoms with Crippen molar-refractivity contribution in [3.05, 3.63) is 15.4 Å². The number of carbonyl (C=O) groups excluding carboxylic acids is 1. The third-order valence-corrected chi connectivity index (χ3v) is 6.18. The van der Waals surface area contributed by atoms with Gasteiger partial charge in [0.05, 0.1) is 10.2 Å². The lowest BCUT2D eigenvalue weighted by molar-refractivity contribution is -0.140. The highest BCUT2D eigenvalue weighted by molar-refractivity contribution is 9.11. The number of primary amides is 1. The Morgan fingerprint density at radius 3 is 2.53 bits per heavy atom. The molecule has 0 radical (unpaired) electrons. The first-order chi connectivity index (χ1) is 8.63. The van der Waals surface area contributed by atoms with Crippen molar-refractivity contribution in [3.8, 4) is 0 Å². The number of sulfonamides is 1. The number of hydrogen-bond acceptors (Lipinski definition) is 5. The average molecular weight is 371 g/mol. The maximum atomic E-state index is 12.0. The van der Waals surface area contributed by atoms with Crippen LogP contribution in [0.15, 0.2) is 14.1 Å². The van der Waals surface area contributed by atoms with Crippen molar-refractivity contribution >= 4 is 49.2 Å². The second-order valence-corrected chi connectivity index (χ2v) is 8.02. The van der Waals surface area contributed by atoms with Gasteiger partial charge in [0.15, 0.2) is 0 Å². The predicted octanol–water partition coefficient (Wildman–Crippen LogP) is 0.426. The van der Waals surface area contributed by atoms with Gasteiger partial charge in [0.1, 0.15) is 10.3 Å². The minimum Gasteiger partial charge on any atom is -0.480 e. The van der Waals surface area contributed by atoms with Gasteiger partial charge in [0.25, 0.3) is 10.0 Å². The van der Waals surface area contributed by atoms with Crippen LogP contribution in [0.5, 0.6) is 0 Å². The molecule has 0 saturated heterocycles. The maximum absolute atomic E-state index is 12.0. The van der Waals surface area contributed by atoms with Crippen LogP contribution in [0.25, 0.3) is 0 Å². The van der Waals surface area contributed by atoms with Crippen LogP contribution in [0.1, 0.15) is 12.0 Å². The quantitative estimate of drug-likeness (QED) is 0.668. The smallest absolute Gasteiger partial charge is 0.322 e. The molecule has 106 valence electrons. The number of carboxylic acids is 1. The number of hydrogen-bond donors (Lipinski definition) is 3. The van der Waals surface area contributed by atoms with Crippen LogP contribution in [0, 0.1) is 6.92 Å². The SMILES string of the molecule is Cc1cc(S(=O)(=O)N[C@@H](CC(N)=O)C(=O)O)sc1Br. The molecule has 1 aromatic rings. The Kier molecular flexibility index (Phi) is 5.07. The van der Waals surface area contributed by atoms with Crippen molar-refractivity contribution in [2.45, 2.75) is 23.6 Å². The molecule has 19 heavy (non-hydrogen) atoms. The molecule has 4 N–H and O–H groups in total. The van der Waals surface area contributed by atoms with Crippen LogP contribution in [0.3, 0.4) is 0 Å². The van der Waals surface area contributed by atoms with Crippen molar-refractivity contribution in [2.75, 3.05) is 0 Å². The molecule has 1 atom stereocenters. The Morgan fingerprint density at radius 1 is 1.58 bits per heavy atom. The number of amides is 1. The van der Waals surface area contributed by atoms with Crippen molar-refractivity contribution < 1.29 is 23.1 Å². The zero-order chi connectivity index (χ0) is 14.8. The summed E-state index contributed by atoms with van der Waals surface area (Å²) in [5.41, 5.74) is 5.59. The fourth-order valence-corrected chi connectivity index (χ4v) is 4.62. The van der Waals surface area contributed by atoms with Gasteiger partial charge in [-0.3, -0.25) is 9.59 Å². The molecule has 1 heterocycles. The van der Waals surface area contributed by atoms with Gasteiger partial charge in [-0.25, -0.2) is 8.42 Å². The first-order valence-electron chi connectivity index (χ1n) is 4.93. The summed E-state index contributed by atoms with van der Waals surface area (Å²) in [6.45, 7) is 1.71. The van der Waals surface area contributed by atoms with Crippen LogP contribution in [-0.4, -0.2) is 31.4 Å². The van der Waals surface area contributed by atoms with Gasteiger partial charge in [0, 0.05) is 0 Å². The second kappa shape index (κ2) is 5.99. The highest BCUT2D eigenvalue weighted by Crippen LogP contribution is 2.30. The Bertz CT molecular complexity index is 591. The summed E-state index contributed by atoms with van der Waals surface area (Å²) < 4.78 is 26.5. The van der Waals surface area contributed by atoms with Gasteiger partial charge in [-0.1, -0.05) is 0 Å². The lowest BCUT2D eigenvalue weighted by Gasteiger charge is -2.11. The molecule has 7 nitrogen and oxygen atoms in total. The molecule has 1 aromatic heterocycles. The standard InChI is InChI=1S/C9H11BrN2O5S2/c1-4-2-7(18-8(4)10)19(16,17)12-5(9(14)15)3-6(11)13/h2,5,12H,3H2,1H3,(H2,11,13)(H,14,15)/t5-/m0/s1. The Labute approximate surface area is 122 Å². The summed E-state index contributed by atoms with van der Waals surface area (Å²) in [6.07, 6.45) is -0.611. The molecule has 0 bridgehead atoms. The van der Waals surface area contributed by atoms with Crippen LogP contribution >= 0.6 is 27.3 Å². The van der Waals surface area contributed by atoms with E-state index in [0.717, 1.165) is 11.3 Å². The molecule has 1 rings (SSSR count). The number of nitrogens with one attached hydrogen (secondary N) is 1. The molecule has 0 unspecified atom stereocenters. The van der Waals surface area contributed by atoms with E-state index in [9.17, 15) is 18.0 Å². The minimum atomic E-state index is -4.00. The highest BCUT2D eigenvalue weighted by atomic mass is 79.9. The van der Waals surface area contributed by atoms with Gasteiger partial charge in [0.2, 0.25) is 5.91 Å². The van der Waals surface area contributed by atoms with Crippen molar-refractivity contribution in [3.63, 3.8) is 0 Å². The Morgan fingerprint density at radius 2 is 2.16 bits per heavy atom. The third-order valence-electron chi connectivity index (χ3n) is 2.10. The Hall–Kier alpha value is -0.970. The van der Waals surface area contributed by atoms with Crippen molar-refractivity contribution in [1.29, 1.82) is 0 Å². The number of rotatable bonds is 6. The normalized spacial score (nSPS) is 13.2. The van der Waals surface area contributed by atoms with E-state index in [0.29, 0.717) is 9.35 Å². The number of carbonyl (C=O) groups is 2. The summed E-state index contributed by atoms with van der Waals surface area (Å²) in [7, 11) is -4.00. The van der Waals surface area contributed by atoms with E-state index in [1.807, 2.05) is 4.72 Å². The zero-order valence-corrected chi connectivity index (χ0v) is 12.9. The second-order valence-electron chi connectivity index (χ2n) is 3.70. The van der Waals surface area contributed by atoms with Gasteiger partial charge in [-0.15, -0.1) is 11.3 Å². The van der Waals surface area contributed by atoms with E-state index >= 15 is 0 Å². The molecule has 0 aromatic carbocycles. The predicted molar refractivity (Wildman–Crippen MR) is 72.3 cm³/mol. The van der Waals surface area contributed by atoms with Gasteiger partial charge >= 0.3 is 5.97 Å². The molecule has 0 aliphatic heterocycles. The van der Waals surface area contributed by atoms with E-state index in [2.05, 4.69) is 15.9 Å². The fourth-order valence-electron chi connectivity index (χ4n) is 1.19. The lowest BCUT2D eigenvalue weighted by atomic mass is 10.2. The van der Waals surface area contributed by atoms with E-state index < -0.39 is 34.4 Å². The van der Waals surface area contributed by atoms with Crippen LogP contribution < -0.4 is 10.5 Å². The summed E-state index contributed by atoms with van der Waals surface area (Å²) in [4.78, 5) is 21.6. The van der Waals surface area contributed by atoms with Crippen LogP contribution in [-0.2, 0) is 19.6 Å². The molecule has 10 heteroatoms. The highest BCUT2D eigenvalue weighted by Gasteiger charge is 2.28. The van der Waals surface area contributed by atoms with Crippen LogP contribution in [0.2, 0.25) is 0 Å². The molecule has 0 fully saturated rings. The number of halogens is 1.